The third-order valence-electron chi connectivity index (χ3n) is 2.92. The Morgan fingerprint density at radius 1 is 1.05 bits per heavy atom. The summed E-state index contributed by atoms with van der Waals surface area (Å²) in [7, 11) is 1.61. The lowest BCUT2D eigenvalue weighted by molar-refractivity contribution is 0.251. The highest BCUT2D eigenvalue weighted by molar-refractivity contribution is 5.89. The summed E-state index contributed by atoms with van der Waals surface area (Å²) in [5.74, 6) is 0.760. The van der Waals surface area contributed by atoms with Crippen molar-refractivity contribution in [1.29, 1.82) is 0 Å². The maximum absolute atomic E-state index is 11.8. The van der Waals surface area contributed by atoms with E-state index in [2.05, 4.69) is 10.6 Å². The smallest absolute Gasteiger partial charge is 0.319 e. The number of nitrogens with one attached hydrogen (secondary N) is 2. The molecule has 0 bridgehead atoms. The van der Waals surface area contributed by atoms with Crippen LogP contribution in [-0.4, -0.2) is 13.1 Å². The predicted molar refractivity (Wildman–Crippen MR) is 80.0 cm³/mol. The molecule has 0 radical (unpaired) electrons. The van der Waals surface area contributed by atoms with E-state index in [-0.39, 0.29) is 6.03 Å². The number of urea groups is 1. The molecule has 0 atom stereocenters. The molecule has 0 spiro atoms. The average molecular weight is 270 g/mol. The van der Waals surface area contributed by atoms with Crippen LogP contribution in [0.25, 0.3) is 0 Å². The first-order chi connectivity index (χ1) is 9.67. The molecule has 4 nitrogen and oxygen atoms in total. The second-order valence-corrected chi connectivity index (χ2v) is 4.52. The molecule has 0 fully saturated rings. The van der Waals surface area contributed by atoms with Gasteiger partial charge in [-0.15, -0.1) is 0 Å². The van der Waals surface area contributed by atoms with Crippen molar-refractivity contribution in [2.45, 2.75) is 13.5 Å². The zero-order valence-electron chi connectivity index (χ0n) is 11.6. The van der Waals surface area contributed by atoms with Crippen molar-refractivity contribution in [2.75, 3.05) is 12.4 Å². The van der Waals surface area contributed by atoms with Crippen molar-refractivity contribution in [3.8, 4) is 5.75 Å². The van der Waals surface area contributed by atoms with Crippen LogP contribution in [0, 0.1) is 6.92 Å². The number of ether oxygens (including phenoxy) is 1. The Hall–Kier alpha value is -2.49. The molecule has 20 heavy (non-hydrogen) atoms. The zero-order chi connectivity index (χ0) is 14.4. The third-order valence-corrected chi connectivity index (χ3v) is 2.92. The maximum Gasteiger partial charge on any atom is 0.319 e. The van der Waals surface area contributed by atoms with Gasteiger partial charge < -0.3 is 15.4 Å². The Morgan fingerprint density at radius 2 is 1.70 bits per heavy atom. The second-order valence-electron chi connectivity index (χ2n) is 4.52. The third kappa shape index (κ3) is 4.02. The van der Waals surface area contributed by atoms with Gasteiger partial charge in [-0.2, -0.15) is 0 Å². The monoisotopic (exact) mass is 270 g/mol. The van der Waals surface area contributed by atoms with Gasteiger partial charge in [0.15, 0.2) is 0 Å². The summed E-state index contributed by atoms with van der Waals surface area (Å²) >= 11 is 0. The molecule has 2 amide bonds. The summed E-state index contributed by atoms with van der Waals surface area (Å²) in [5.41, 5.74) is 3.00. The number of carbonyl (C=O) groups excluding carboxylic acids is 1. The molecule has 2 aromatic rings. The normalized spacial score (nSPS) is 9.90. The van der Waals surface area contributed by atoms with E-state index in [9.17, 15) is 4.79 Å². The quantitative estimate of drug-likeness (QED) is 0.895. The van der Waals surface area contributed by atoms with Gasteiger partial charge in [0.2, 0.25) is 0 Å². The summed E-state index contributed by atoms with van der Waals surface area (Å²) in [5, 5.41) is 5.58. The summed E-state index contributed by atoms with van der Waals surface area (Å²) in [6.07, 6.45) is 0. The number of aryl methyl sites for hydroxylation is 1. The Morgan fingerprint density at radius 3 is 2.30 bits per heavy atom. The van der Waals surface area contributed by atoms with Gasteiger partial charge in [-0.1, -0.05) is 29.8 Å². The van der Waals surface area contributed by atoms with E-state index in [1.165, 1.54) is 5.56 Å². The summed E-state index contributed by atoms with van der Waals surface area (Å²) in [6, 6.07) is 15.0. The minimum atomic E-state index is -0.226. The fraction of sp³-hybridized carbons (Fsp3) is 0.188. The van der Waals surface area contributed by atoms with Gasteiger partial charge >= 0.3 is 6.03 Å². The van der Waals surface area contributed by atoms with E-state index < -0.39 is 0 Å². The van der Waals surface area contributed by atoms with E-state index >= 15 is 0 Å². The van der Waals surface area contributed by atoms with Gasteiger partial charge in [0.25, 0.3) is 0 Å². The molecular weight excluding hydrogens is 252 g/mol. The number of carbonyl (C=O) groups is 1. The molecule has 0 heterocycles. The van der Waals surface area contributed by atoms with Gasteiger partial charge in [-0.3, -0.25) is 0 Å². The standard InChI is InChI=1S/C16H18N2O2/c1-12-3-5-13(6-4-12)11-17-16(19)18-14-7-9-15(20-2)10-8-14/h3-10H,11H2,1-2H3,(H2,17,18,19). The first-order valence-electron chi connectivity index (χ1n) is 6.42. The topological polar surface area (TPSA) is 50.4 Å². The predicted octanol–water partition coefficient (Wildman–Crippen LogP) is 3.33. The van der Waals surface area contributed by atoms with Gasteiger partial charge in [0.1, 0.15) is 5.75 Å². The van der Waals surface area contributed by atoms with Gasteiger partial charge in [-0.25, -0.2) is 4.79 Å². The van der Waals surface area contributed by atoms with Crippen LogP contribution in [0.4, 0.5) is 10.5 Å². The SMILES string of the molecule is COc1ccc(NC(=O)NCc2ccc(C)cc2)cc1. The van der Waals surface area contributed by atoms with Crippen molar-refractivity contribution >= 4 is 11.7 Å². The molecule has 0 aromatic heterocycles. The zero-order valence-corrected chi connectivity index (χ0v) is 11.6. The van der Waals surface area contributed by atoms with Crippen LogP contribution in [0.1, 0.15) is 11.1 Å². The highest BCUT2D eigenvalue weighted by Crippen LogP contribution is 2.14. The molecule has 0 saturated heterocycles. The number of hydrogen-bond donors (Lipinski definition) is 2. The molecule has 0 saturated carbocycles. The van der Waals surface area contributed by atoms with Crippen LogP contribution in [0.15, 0.2) is 48.5 Å². The number of amides is 2. The van der Waals surface area contributed by atoms with E-state index in [0.717, 1.165) is 17.0 Å². The van der Waals surface area contributed by atoms with Crippen molar-refractivity contribution in [2.24, 2.45) is 0 Å². The molecule has 104 valence electrons. The summed E-state index contributed by atoms with van der Waals surface area (Å²) in [4.78, 5) is 11.8. The van der Waals surface area contributed by atoms with Gasteiger partial charge in [-0.05, 0) is 36.8 Å². The molecular formula is C16H18N2O2. The van der Waals surface area contributed by atoms with Crippen molar-refractivity contribution in [3.63, 3.8) is 0 Å². The van der Waals surface area contributed by atoms with Gasteiger partial charge in [0.05, 0.1) is 7.11 Å². The molecule has 0 aliphatic heterocycles. The molecule has 0 aliphatic rings. The Labute approximate surface area is 118 Å². The van der Waals surface area contributed by atoms with Gasteiger partial charge in [0, 0.05) is 12.2 Å². The fourth-order valence-electron chi connectivity index (χ4n) is 1.74. The summed E-state index contributed by atoms with van der Waals surface area (Å²) in [6.45, 7) is 2.54. The fourth-order valence-corrected chi connectivity index (χ4v) is 1.74. The Bertz CT molecular complexity index is 562. The van der Waals surface area contributed by atoms with E-state index in [0.29, 0.717) is 6.54 Å². The highest BCUT2D eigenvalue weighted by Gasteiger charge is 2.01. The number of benzene rings is 2. The van der Waals surface area contributed by atoms with Crippen molar-refractivity contribution in [3.05, 3.63) is 59.7 Å². The largest absolute Gasteiger partial charge is 0.497 e. The van der Waals surface area contributed by atoms with E-state index in [1.807, 2.05) is 31.2 Å². The first kappa shape index (κ1) is 13.9. The van der Waals surface area contributed by atoms with Crippen LogP contribution >= 0.6 is 0 Å². The summed E-state index contributed by atoms with van der Waals surface area (Å²) < 4.78 is 5.06. The number of methoxy groups -OCH3 is 1. The second kappa shape index (κ2) is 6.61. The average Bonchev–Trinajstić information content (AvgIpc) is 2.47. The van der Waals surface area contributed by atoms with Crippen molar-refractivity contribution in [1.82, 2.24) is 5.32 Å². The lowest BCUT2D eigenvalue weighted by Crippen LogP contribution is -2.28. The number of rotatable bonds is 4. The Balaban J connectivity index is 1.84. The lowest BCUT2D eigenvalue weighted by atomic mass is 10.1. The maximum atomic E-state index is 11.8. The molecule has 4 heteroatoms. The highest BCUT2D eigenvalue weighted by atomic mass is 16.5. The number of anilines is 1. The molecule has 2 rings (SSSR count). The molecule has 0 unspecified atom stereocenters. The molecule has 2 N–H and O–H groups in total. The minimum absolute atomic E-state index is 0.226. The van der Waals surface area contributed by atoms with E-state index in [4.69, 9.17) is 4.74 Å². The molecule has 0 aliphatic carbocycles. The van der Waals surface area contributed by atoms with Crippen LogP contribution in [0.2, 0.25) is 0 Å². The number of hydrogen-bond acceptors (Lipinski definition) is 2. The van der Waals surface area contributed by atoms with Crippen LogP contribution in [0.5, 0.6) is 5.75 Å². The van der Waals surface area contributed by atoms with Crippen LogP contribution in [-0.2, 0) is 6.54 Å². The lowest BCUT2D eigenvalue weighted by Gasteiger charge is -2.08. The molecule has 2 aromatic carbocycles. The van der Waals surface area contributed by atoms with E-state index in [1.54, 1.807) is 31.4 Å². The van der Waals surface area contributed by atoms with Crippen LogP contribution in [0.3, 0.4) is 0 Å². The van der Waals surface area contributed by atoms with Crippen molar-refractivity contribution < 1.29 is 9.53 Å². The minimum Gasteiger partial charge on any atom is -0.497 e. The first-order valence-corrected chi connectivity index (χ1v) is 6.42. The van der Waals surface area contributed by atoms with Crippen LogP contribution < -0.4 is 15.4 Å². The Kier molecular flexibility index (Phi) is 4.60.